The molecule has 0 spiro atoms. The molecule has 80 valence electrons. The van der Waals surface area contributed by atoms with Gasteiger partial charge in [0.15, 0.2) is 5.69 Å². The summed E-state index contributed by atoms with van der Waals surface area (Å²) < 4.78 is 1.67. The minimum absolute atomic E-state index is 0.231. The highest BCUT2D eigenvalue weighted by Gasteiger charge is 2.13. The SMILES string of the molecule is Cn1c(-c2ccc(Cl)cc2)nc(C#N)c1Cl. The zero-order valence-corrected chi connectivity index (χ0v) is 9.92. The average molecular weight is 252 g/mol. The number of hydrogen-bond acceptors (Lipinski definition) is 2. The van der Waals surface area contributed by atoms with Gasteiger partial charge in [0, 0.05) is 17.6 Å². The summed E-state index contributed by atoms with van der Waals surface area (Å²) in [6.45, 7) is 0. The van der Waals surface area contributed by atoms with E-state index in [0.717, 1.165) is 5.56 Å². The molecule has 0 fully saturated rings. The molecule has 0 atom stereocenters. The molecule has 0 amide bonds. The first kappa shape index (κ1) is 11.0. The summed E-state index contributed by atoms with van der Waals surface area (Å²) in [6.07, 6.45) is 0. The van der Waals surface area contributed by atoms with Crippen molar-refractivity contribution in [2.24, 2.45) is 7.05 Å². The number of nitriles is 1. The van der Waals surface area contributed by atoms with Crippen LogP contribution in [0, 0.1) is 11.3 Å². The highest BCUT2D eigenvalue weighted by Crippen LogP contribution is 2.25. The number of nitrogens with zero attached hydrogens (tertiary/aromatic N) is 3. The van der Waals surface area contributed by atoms with Crippen LogP contribution in [0.25, 0.3) is 11.4 Å². The van der Waals surface area contributed by atoms with Gasteiger partial charge in [0.05, 0.1) is 0 Å². The van der Waals surface area contributed by atoms with E-state index in [1.165, 1.54) is 0 Å². The number of halogens is 2. The van der Waals surface area contributed by atoms with E-state index in [1.807, 2.05) is 18.2 Å². The van der Waals surface area contributed by atoms with Crippen LogP contribution in [0.4, 0.5) is 0 Å². The van der Waals surface area contributed by atoms with Crippen molar-refractivity contribution in [2.45, 2.75) is 0 Å². The Morgan fingerprint density at radius 3 is 2.38 bits per heavy atom. The maximum atomic E-state index is 8.82. The summed E-state index contributed by atoms with van der Waals surface area (Å²) >= 11 is 11.7. The van der Waals surface area contributed by atoms with E-state index >= 15 is 0 Å². The Kier molecular flexibility index (Phi) is 2.86. The van der Waals surface area contributed by atoms with Gasteiger partial charge in [-0.2, -0.15) is 5.26 Å². The van der Waals surface area contributed by atoms with Crippen LogP contribution in [0.2, 0.25) is 10.2 Å². The lowest BCUT2D eigenvalue weighted by atomic mass is 10.2. The zero-order chi connectivity index (χ0) is 11.7. The molecule has 2 aromatic rings. The predicted molar refractivity (Wildman–Crippen MR) is 63.4 cm³/mol. The lowest BCUT2D eigenvalue weighted by molar-refractivity contribution is 0.925. The van der Waals surface area contributed by atoms with E-state index in [0.29, 0.717) is 16.0 Å². The summed E-state index contributed by atoms with van der Waals surface area (Å²) in [5, 5.41) is 9.81. The number of imidazole rings is 1. The molecular formula is C11H7Cl2N3. The van der Waals surface area contributed by atoms with Crippen molar-refractivity contribution in [2.75, 3.05) is 0 Å². The summed E-state index contributed by atoms with van der Waals surface area (Å²) in [5.74, 6) is 0.651. The van der Waals surface area contributed by atoms with Gasteiger partial charge in [0.25, 0.3) is 0 Å². The summed E-state index contributed by atoms with van der Waals surface area (Å²) in [5.41, 5.74) is 1.10. The van der Waals surface area contributed by atoms with Gasteiger partial charge in [-0.05, 0) is 24.3 Å². The first-order valence-electron chi connectivity index (χ1n) is 4.51. The third kappa shape index (κ3) is 1.78. The van der Waals surface area contributed by atoms with Crippen molar-refractivity contribution >= 4 is 23.2 Å². The largest absolute Gasteiger partial charge is 0.317 e. The number of aromatic nitrogens is 2. The number of hydrogen-bond donors (Lipinski definition) is 0. The maximum Gasteiger partial charge on any atom is 0.178 e. The van der Waals surface area contributed by atoms with Crippen LogP contribution in [-0.2, 0) is 7.05 Å². The smallest absolute Gasteiger partial charge is 0.178 e. The van der Waals surface area contributed by atoms with E-state index in [2.05, 4.69) is 4.98 Å². The van der Waals surface area contributed by atoms with Crippen LogP contribution in [-0.4, -0.2) is 9.55 Å². The molecule has 0 bridgehead atoms. The molecule has 0 unspecified atom stereocenters. The van der Waals surface area contributed by atoms with Gasteiger partial charge in [-0.3, -0.25) is 0 Å². The van der Waals surface area contributed by atoms with Crippen LogP contribution < -0.4 is 0 Å². The minimum Gasteiger partial charge on any atom is -0.317 e. The van der Waals surface area contributed by atoms with Crippen molar-refractivity contribution in [3.8, 4) is 17.5 Å². The Morgan fingerprint density at radius 2 is 1.88 bits per heavy atom. The van der Waals surface area contributed by atoms with Crippen molar-refractivity contribution < 1.29 is 0 Å². The average Bonchev–Trinajstić information content (AvgIpc) is 2.57. The number of benzene rings is 1. The van der Waals surface area contributed by atoms with Crippen LogP contribution in [0.5, 0.6) is 0 Å². The quantitative estimate of drug-likeness (QED) is 0.781. The highest BCUT2D eigenvalue weighted by molar-refractivity contribution is 6.31. The van der Waals surface area contributed by atoms with Crippen LogP contribution in [0.3, 0.4) is 0 Å². The molecule has 1 aromatic carbocycles. The van der Waals surface area contributed by atoms with Crippen LogP contribution in [0.1, 0.15) is 5.69 Å². The molecular weight excluding hydrogens is 245 g/mol. The first-order valence-corrected chi connectivity index (χ1v) is 5.27. The van der Waals surface area contributed by atoms with Crippen molar-refractivity contribution in [3.05, 3.63) is 40.1 Å². The van der Waals surface area contributed by atoms with Crippen molar-refractivity contribution in [3.63, 3.8) is 0 Å². The molecule has 16 heavy (non-hydrogen) atoms. The molecule has 0 saturated heterocycles. The molecule has 0 saturated carbocycles. The van der Waals surface area contributed by atoms with Gasteiger partial charge < -0.3 is 4.57 Å². The Labute approximate surface area is 103 Å². The Morgan fingerprint density at radius 1 is 1.25 bits per heavy atom. The fourth-order valence-corrected chi connectivity index (χ4v) is 1.70. The normalized spacial score (nSPS) is 10.1. The Hall–Kier alpha value is -1.50. The molecule has 0 radical (unpaired) electrons. The van der Waals surface area contributed by atoms with Crippen molar-refractivity contribution in [1.82, 2.24) is 9.55 Å². The standard InChI is InChI=1S/C11H7Cl2N3/c1-16-10(13)9(6-14)15-11(16)7-2-4-8(12)5-3-7/h2-5H,1H3. The first-order chi connectivity index (χ1) is 7.63. The molecule has 2 rings (SSSR count). The summed E-state index contributed by atoms with van der Waals surface area (Å²) in [4.78, 5) is 4.15. The van der Waals surface area contributed by atoms with Gasteiger partial charge in [-0.1, -0.05) is 23.2 Å². The van der Waals surface area contributed by atoms with E-state index < -0.39 is 0 Å². The number of rotatable bonds is 1. The lowest BCUT2D eigenvalue weighted by Gasteiger charge is -2.01. The third-order valence-corrected chi connectivity index (χ3v) is 2.92. The van der Waals surface area contributed by atoms with Crippen LogP contribution in [0.15, 0.2) is 24.3 Å². The minimum atomic E-state index is 0.231. The lowest BCUT2D eigenvalue weighted by Crippen LogP contribution is -1.92. The molecule has 0 N–H and O–H groups in total. The van der Waals surface area contributed by atoms with Gasteiger partial charge in [0.2, 0.25) is 0 Å². The molecule has 0 aliphatic heterocycles. The monoisotopic (exact) mass is 251 g/mol. The second-order valence-electron chi connectivity index (χ2n) is 3.25. The highest BCUT2D eigenvalue weighted by atomic mass is 35.5. The predicted octanol–water partition coefficient (Wildman–Crippen LogP) is 3.27. The molecule has 1 aromatic heterocycles. The fourth-order valence-electron chi connectivity index (χ4n) is 1.41. The Balaban J connectivity index is 2.57. The van der Waals surface area contributed by atoms with Crippen LogP contribution >= 0.6 is 23.2 Å². The molecule has 5 heteroatoms. The summed E-state index contributed by atoms with van der Waals surface area (Å²) in [7, 11) is 1.76. The molecule has 3 nitrogen and oxygen atoms in total. The van der Waals surface area contributed by atoms with E-state index in [-0.39, 0.29) is 5.69 Å². The fraction of sp³-hybridized carbons (Fsp3) is 0.0909. The van der Waals surface area contributed by atoms with E-state index in [9.17, 15) is 0 Å². The molecule has 0 aliphatic rings. The van der Waals surface area contributed by atoms with E-state index in [1.54, 1.807) is 23.7 Å². The van der Waals surface area contributed by atoms with E-state index in [4.69, 9.17) is 28.5 Å². The zero-order valence-electron chi connectivity index (χ0n) is 8.41. The second kappa shape index (κ2) is 4.17. The molecule has 1 heterocycles. The Bertz CT molecular complexity index is 564. The van der Waals surface area contributed by atoms with Gasteiger partial charge in [-0.15, -0.1) is 0 Å². The summed E-state index contributed by atoms with van der Waals surface area (Å²) in [6, 6.07) is 9.16. The second-order valence-corrected chi connectivity index (χ2v) is 4.05. The van der Waals surface area contributed by atoms with Crippen molar-refractivity contribution in [1.29, 1.82) is 5.26 Å². The molecule has 0 aliphatic carbocycles. The van der Waals surface area contributed by atoms with Gasteiger partial charge >= 0.3 is 0 Å². The topological polar surface area (TPSA) is 41.6 Å². The van der Waals surface area contributed by atoms with Gasteiger partial charge in [-0.25, -0.2) is 4.98 Å². The van der Waals surface area contributed by atoms with Gasteiger partial charge in [0.1, 0.15) is 17.0 Å². The maximum absolute atomic E-state index is 8.82. The third-order valence-electron chi connectivity index (χ3n) is 2.23.